The molecule has 0 aliphatic heterocycles. The van der Waals surface area contributed by atoms with Gasteiger partial charge in [-0.3, -0.25) is 5.10 Å². The zero-order valence-corrected chi connectivity index (χ0v) is 11.3. The van der Waals surface area contributed by atoms with Crippen LogP contribution in [0.5, 0.6) is 0 Å². The molecule has 0 bridgehead atoms. The number of benzene rings is 1. The van der Waals surface area contributed by atoms with Gasteiger partial charge in [0.05, 0.1) is 11.8 Å². The van der Waals surface area contributed by atoms with E-state index >= 15 is 0 Å². The summed E-state index contributed by atoms with van der Waals surface area (Å²) in [6, 6.07) is 9.31. The number of hydrogen-bond acceptors (Lipinski definition) is 3. The first-order valence-corrected chi connectivity index (χ1v) is 6.86. The molecule has 5 heteroatoms. The van der Waals surface area contributed by atoms with E-state index in [1.165, 1.54) is 0 Å². The second-order valence-electron chi connectivity index (χ2n) is 4.08. The smallest absolute Gasteiger partial charge is 0.105 e. The van der Waals surface area contributed by atoms with Gasteiger partial charge in [0.1, 0.15) is 6.10 Å². The van der Waals surface area contributed by atoms with Gasteiger partial charge >= 0.3 is 0 Å². The number of aliphatic hydroxyl groups is 2. The van der Waals surface area contributed by atoms with Crippen LogP contribution in [0, 0.1) is 0 Å². The van der Waals surface area contributed by atoms with Crippen LogP contribution in [-0.2, 0) is 0 Å². The third kappa shape index (κ3) is 2.98. The highest BCUT2D eigenvalue weighted by Crippen LogP contribution is 2.23. The molecule has 0 fully saturated rings. The fraction of sp³-hybridized carbons (Fsp3) is 0.308. The van der Waals surface area contributed by atoms with Crippen molar-refractivity contribution in [3.8, 4) is 11.3 Å². The van der Waals surface area contributed by atoms with Crippen molar-refractivity contribution in [3.05, 3.63) is 42.1 Å². The first-order chi connectivity index (χ1) is 8.72. The molecule has 18 heavy (non-hydrogen) atoms. The minimum Gasteiger partial charge on any atom is -0.390 e. The lowest BCUT2D eigenvalue weighted by Crippen LogP contribution is -2.18. The molecule has 4 nitrogen and oxygen atoms in total. The highest BCUT2D eigenvalue weighted by atomic mass is 79.9. The molecule has 0 radical (unpaired) electrons. The summed E-state index contributed by atoms with van der Waals surface area (Å²) in [5.74, 6) is 0. The third-order valence-electron chi connectivity index (χ3n) is 2.83. The van der Waals surface area contributed by atoms with Gasteiger partial charge in [-0.15, -0.1) is 0 Å². The van der Waals surface area contributed by atoms with Crippen molar-refractivity contribution in [2.24, 2.45) is 0 Å². The summed E-state index contributed by atoms with van der Waals surface area (Å²) >= 11 is 3.25. The summed E-state index contributed by atoms with van der Waals surface area (Å²) in [4.78, 5) is 0. The quantitative estimate of drug-likeness (QED) is 0.742. The average Bonchev–Trinajstić information content (AvgIpc) is 2.92. The Morgan fingerprint density at radius 2 is 1.89 bits per heavy atom. The molecular formula is C13H15BrN2O2. The number of aliphatic hydroxyl groups excluding tert-OH is 2. The number of nitrogens with zero attached hydrogens (tertiary/aromatic N) is 1. The Labute approximate surface area is 114 Å². The third-order valence-corrected chi connectivity index (χ3v) is 3.29. The van der Waals surface area contributed by atoms with Gasteiger partial charge in [0.25, 0.3) is 0 Å². The lowest BCUT2D eigenvalue weighted by Gasteiger charge is -2.17. The second-order valence-corrected chi connectivity index (χ2v) is 4.88. The van der Waals surface area contributed by atoms with Crippen molar-refractivity contribution in [3.63, 3.8) is 0 Å². The number of rotatable bonds is 5. The second kappa shape index (κ2) is 6.13. The van der Waals surface area contributed by atoms with E-state index in [4.69, 9.17) is 0 Å². The topological polar surface area (TPSA) is 69.1 Å². The van der Waals surface area contributed by atoms with E-state index in [1.807, 2.05) is 30.3 Å². The summed E-state index contributed by atoms with van der Waals surface area (Å²) < 4.78 is 0. The van der Waals surface area contributed by atoms with Gasteiger partial charge in [0, 0.05) is 11.5 Å². The number of aromatic nitrogens is 2. The Bertz CT molecular complexity index is 470. The molecule has 0 saturated carbocycles. The van der Waals surface area contributed by atoms with Crippen LogP contribution in [0.3, 0.4) is 0 Å². The van der Waals surface area contributed by atoms with Crippen molar-refractivity contribution in [1.82, 2.24) is 10.2 Å². The Morgan fingerprint density at radius 1 is 1.17 bits per heavy atom. The fourth-order valence-electron chi connectivity index (χ4n) is 1.77. The zero-order valence-electron chi connectivity index (χ0n) is 9.75. The van der Waals surface area contributed by atoms with Crippen LogP contribution in [0.4, 0.5) is 0 Å². The molecular weight excluding hydrogens is 296 g/mol. The number of hydrogen-bond donors (Lipinski definition) is 3. The van der Waals surface area contributed by atoms with E-state index in [0.29, 0.717) is 17.3 Å². The summed E-state index contributed by atoms with van der Waals surface area (Å²) in [7, 11) is 0. The Morgan fingerprint density at radius 3 is 2.44 bits per heavy atom. The number of alkyl halides is 1. The molecule has 3 N–H and O–H groups in total. The van der Waals surface area contributed by atoms with Crippen LogP contribution in [0.25, 0.3) is 11.3 Å². The van der Waals surface area contributed by atoms with E-state index in [-0.39, 0.29) is 0 Å². The lowest BCUT2D eigenvalue weighted by molar-refractivity contribution is 0.0174. The van der Waals surface area contributed by atoms with Gasteiger partial charge in [-0.25, -0.2) is 0 Å². The summed E-state index contributed by atoms with van der Waals surface area (Å²) in [6.45, 7) is 0. The molecule has 0 saturated heterocycles. The largest absolute Gasteiger partial charge is 0.390 e. The van der Waals surface area contributed by atoms with E-state index in [1.54, 1.807) is 6.20 Å². The van der Waals surface area contributed by atoms with E-state index in [2.05, 4.69) is 26.1 Å². The predicted octanol–water partition coefficient (Wildman–Crippen LogP) is 2.26. The number of nitrogens with one attached hydrogen (secondary N) is 1. The zero-order chi connectivity index (χ0) is 13.0. The SMILES string of the molecule is OC(CCBr)C(O)c1ccc(-c2ccn[nH]2)cc1. The molecule has 2 unspecified atom stereocenters. The first kappa shape index (κ1) is 13.3. The highest BCUT2D eigenvalue weighted by molar-refractivity contribution is 9.09. The monoisotopic (exact) mass is 310 g/mol. The molecule has 2 rings (SSSR count). The minimum atomic E-state index is -0.849. The van der Waals surface area contributed by atoms with Crippen LogP contribution < -0.4 is 0 Å². The van der Waals surface area contributed by atoms with Gasteiger partial charge in [-0.1, -0.05) is 40.2 Å². The maximum absolute atomic E-state index is 9.95. The van der Waals surface area contributed by atoms with Gasteiger partial charge in [-0.2, -0.15) is 5.10 Å². The van der Waals surface area contributed by atoms with Crippen molar-refractivity contribution >= 4 is 15.9 Å². The van der Waals surface area contributed by atoms with E-state index in [9.17, 15) is 10.2 Å². The Kier molecular flexibility index (Phi) is 4.52. The van der Waals surface area contributed by atoms with E-state index in [0.717, 1.165) is 11.3 Å². The molecule has 1 aromatic carbocycles. The van der Waals surface area contributed by atoms with Crippen molar-refractivity contribution < 1.29 is 10.2 Å². The lowest BCUT2D eigenvalue weighted by atomic mass is 10.0. The summed E-state index contributed by atoms with van der Waals surface area (Å²) in [5, 5.41) is 27.1. The van der Waals surface area contributed by atoms with Crippen molar-refractivity contribution in [2.75, 3.05) is 5.33 Å². The van der Waals surface area contributed by atoms with Crippen LogP contribution in [0.15, 0.2) is 36.5 Å². The molecule has 0 aliphatic carbocycles. The molecule has 2 aromatic rings. The van der Waals surface area contributed by atoms with Crippen LogP contribution in [0.1, 0.15) is 18.1 Å². The Hall–Kier alpha value is -1.17. The van der Waals surface area contributed by atoms with Gasteiger partial charge in [-0.05, 0) is 23.6 Å². The maximum Gasteiger partial charge on any atom is 0.105 e. The Balaban J connectivity index is 2.12. The van der Waals surface area contributed by atoms with Gasteiger partial charge < -0.3 is 10.2 Å². The number of H-pyrrole nitrogens is 1. The molecule has 0 amide bonds. The van der Waals surface area contributed by atoms with Crippen molar-refractivity contribution in [2.45, 2.75) is 18.6 Å². The highest BCUT2D eigenvalue weighted by Gasteiger charge is 2.17. The first-order valence-electron chi connectivity index (χ1n) is 5.74. The molecule has 96 valence electrons. The molecule has 1 aromatic heterocycles. The fourth-order valence-corrected chi connectivity index (χ4v) is 2.24. The summed E-state index contributed by atoms with van der Waals surface area (Å²) in [6.07, 6.45) is 0.613. The normalized spacial score (nSPS) is 14.4. The molecule has 0 spiro atoms. The van der Waals surface area contributed by atoms with E-state index < -0.39 is 12.2 Å². The van der Waals surface area contributed by atoms with Gasteiger partial charge in [0.2, 0.25) is 0 Å². The molecule has 2 atom stereocenters. The standard InChI is InChI=1S/C13H15BrN2O2/c14-7-5-12(17)13(18)10-3-1-9(2-4-10)11-6-8-15-16-11/h1-4,6,8,12-13,17-18H,5,7H2,(H,15,16). The van der Waals surface area contributed by atoms with Crippen molar-refractivity contribution in [1.29, 1.82) is 0 Å². The summed E-state index contributed by atoms with van der Waals surface area (Å²) in [5.41, 5.74) is 2.64. The molecule has 0 aliphatic rings. The minimum absolute atomic E-state index is 0.517. The van der Waals surface area contributed by atoms with Crippen LogP contribution >= 0.6 is 15.9 Å². The average molecular weight is 311 g/mol. The van der Waals surface area contributed by atoms with Crippen LogP contribution in [0.2, 0.25) is 0 Å². The maximum atomic E-state index is 9.95. The number of halogens is 1. The van der Waals surface area contributed by atoms with Crippen LogP contribution in [-0.4, -0.2) is 31.8 Å². The number of aromatic amines is 1. The predicted molar refractivity (Wildman–Crippen MR) is 73.4 cm³/mol. The van der Waals surface area contributed by atoms with Gasteiger partial charge in [0.15, 0.2) is 0 Å². The molecule has 1 heterocycles.